The molecule has 18 heavy (non-hydrogen) atoms. The van der Waals surface area contributed by atoms with Gasteiger partial charge in [0.25, 0.3) is 0 Å². The number of aromatic nitrogens is 1. The first kappa shape index (κ1) is 13.3. The zero-order valence-electron chi connectivity index (χ0n) is 11.1. The third-order valence-corrected chi connectivity index (χ3v) is 3.74. The van der Waals surface area contributed by atoms with Crippen molar-refractivity contribution in [2.45, 2.75) is 33.1 Å². The van der Waals surface area contributed by atoms with Gasteiger partial charge in [-0.15, -0.1) is 0 Å². The van der Waals surface area contributed by atoms with E-state index in [9.17, 15) is 0 Å². The zero-order valence-corrected chi connectivity index (χ0v) is 12.7. The summed E-state index contributed by atoms with van der Waals surface area (Å²) >= 11 is 3.54. The fourth-order valence-corrected chi connectivity index (χ4v) is 2.48. The molecule has 96 valence electrons. The van der Waals surface area contributed by atoms with Gasteiger partial charge in [-0.05, 0) is 46.0 Å². The summed E-state index contributed by atoms with van der Waals surface area (Å²) < 4.78 is 0.986. The summed E-state index contributed by atoms with van der Waals surface area (Å²) in [5.41, 5.74) is 5.99. The molecule has 2 aromatic rings. The molecule has 2 rings (SSSR count). The Morgan fingerprint density at radius 1 is 1.28 bits per heavy atom. The number of fused-ring (bicyclic) bond motifs is 1. The third kappa shape index (κ3) is 2.22. The number of hydrogen-bond donors (Lipinski definition) is 2. The van der Waals surface area contributed by atoms with Crippen molar-refractivity contribution in [2.75, 3.05) is 5.43 Å². The maximum Gasteiger partial charge on any atom is 0.144 e. The summed E-state index contributed by atoms with van der Waals surface area (Å²) in [6, 6.07) is 6.29. The minimum Gasteiger partial charge on any atom is -0.308 e. The van der Waals surface area contributed by atoms with Crippen molar-refractivity contribution in [2.24, 2.45) is 5.84 Å². The lowest BCUT2D eigenvalue weighted by Crippen LogP contribution is -2.19. The van der Waals surface area contributed by atoms with Crippen LogP contribution in [0.15, 0.2) is 22.7 Å². The second-order valence-corrected chi connectivity index (χ2v) is 6.39. The van der Waals surface area contributed by atoms with Gasteiger partial charge in [-0.25, -0.2) is 10.8 Å². The molecule has 0 spiro atoms. The van der Waals surface area contributed by atoms with E-state index in [1.165, 1.54) is 5.56 Å². The lowest BCUT2D eigenvalue weighted by atomic mass is 9.86. The summed E-state index contributed by atoms with van der Waals surface area (Å²) in [7, 11) is 0. The maximum atomic E-state index is 5.60. The Labute approximate surface area is 116 Å². The number of aryl methyl sites for hydroxylation is 1. The first-order valence-electron chi connectivity index (χ1n) is 5.91. The molecule has 1 heterocycles. The number of halogens is 1. The summed E-state index contributed by atoms with van der Waals surface area (Å²) in [6.45, 7) is 8.57. The Morgan fingerprint density at radius 3 is 2.50 bits per heavy atom. The molecule has 1 aromatic heterocycles. The van der Waals surface area contributed by atoms with Crippen molar-refractivity contribution < 1.29 is 0 Å². The van der Waals surface area contributed by atoms with Crippen LogP contribution in [0.1, 0.15) is 31.9 Å². The van der Waals surface area contributed by atoms with Gasteiger partial charge in [0.2, 0.25) is 0 Å². The fourth-order valence-electron chi connectivity index (χ4n) is 2.04. The topological polar surface area (TPSA) is 50.9 Å². The quantitative estimate of drug-likeness (QED) is 0.621. The monoisotopic (exact) mass is 307 g/mol. The van der Waals surface area contributed by atoms with Crippen molar-refractivity contribution in [3.63, 3.8) is 0 Å². The molecule has 0 saturated carbocycles. The van der Waals surface area contributed by atoms with Crippen LogP contribution in [-0.4, -0.2) is 4.98 Å². The van der Waals surface area contributed by atoms with E-state index in [-0.39, 0.29) is 5.41 Å². The van der Waals surface area contributed by atoms with Gasteiger partial charge in [0, 0.05) is 15.4 Å². The highest BCUT2D eigenvalue weighted by atomic mass is 79.9. The van der Waals surface area contributed by atoms with Crippen LogP contribution >= 0.6 is 15.9 Å². The number of nitrogen functional groups attached to an aromatic ring is 1. The fraction of sp³-hybridized carbons (Fsp3) is 0.357. The van der Waals surface area contributed by atoms with Crippen LogP contribution < -0.4 is 11.3 Å². The van der Waals surface area contributed by atoms with E-state index >= 15 is 0 Å². The molecule has 0 amide bonds. The Hall–Kier alpha value is -1.13. The van der Waals surface area contributed by atoms with E-state index in [1.54, 1.807) is 0 Å². The molecule has 4 heteroatoms. The average molecular weight is 308 g/mol. The molecule has 0 fully saturated rings. The Kier molecular flexibility index (Phi) is 3.34. The van der Waals surface area contributed by atoms with Crippen molar-refractivity contribution >= 4 is 32.7 Å². The highest BCUT2D eigenvalue weighted by Crippen LogP contribution is 2.34. The molecular weight excluding hydrogens is 290 g/mol. The van der Waals surface area contributed by atoms with Crippen LogP contribution in [0.5, 0.6) is 0 Å². The molecule has 3 nitrogen and oxygen atoms in total. The molecule has 0 radical (unpaired) electrons. The van der Waals surface area contributed by atoms with Gasteiger partial charge in [-0.3, -0.25) is 0 Å². The van der Waals surface area contributed by atoms with Gasteiger partial charge in [-0.1, -0.05) is 26.8 Å². The number of rotatable bonds is 1. The van der Waals surface area contributed by atoms with Crippen molar-refractivity contribution in [1.82, 2.24) is 4.98 Å². The van der Waals surface area contributed by atoms with Crippen LogP contribution in [0.4, 0.5) is 5.82 Å². The third-order valence-electron chi connectivity index (χ3n) is 3.10. The average Bonchev–Trinajstić information content (AvgIpc) is 2.31. The number of benzene rings is 1. The van der Waals surface area contributed by atoms with Gasteiger partial charge in [0.05, 0.1) is 5.52 Å². The standard InChI is InChI=1S/C14H18BrN3/c1-8-5-6-11(15)12-9(8)7-10(14(2,3)4)13(17-12)18-16/h5-7H,16H2,1-4H3,(H,17,18). The normalized spacial score (nSPS) is 11.9. The Morgan fingerprint density at radius 2 is 1.94 bits per heavy atom. The van der Waals surface area contributed by atoms with Crippen LogP contribution in [-0.2, 0) is 5.41 Å². The Balaban J connectivity index is 2.86. The van der Waals surface area contributed by atoms with Gasteiger partial charge in [-0.2, -0.15) is 0 Å². The lowest BCUT2D eigenvalue weighted by molar-refractivity contribution is 0.590. The number of hydrogen-bond acceptors (Lipinski definition) is 3. The van der Waals surface area contributed by atoms with E-state index in [0.717, 1.165) is 26.8 Å². The SMILES string of the molecule is Cc1ccc(Br)c2nc(NN)c(C(C)(C)C)cc12. The van der Waals surface area contributed by atoms with Crippen molar-refractivity contribution in [3.05, 3.63) is 33.8 Å². The first-order chi connectivity index (χ1) is 8.34. The molecule has 0 bridgehead atoms. The predicted octanol–water partition coefficient (Wildman–Crippen LogP) is 3.89. The van der Waals surface area contributed by atoms with E-state index in [0.29, 0.717) is 0 Å². The second kappa shape index (κ2) is 4.52. The Bertz CT molecular complexity index is 600. The summed E-state index contributed by atoms with van der Waals surface area (Å²) in [4.78, 5) is 4.64. The number of hydrazine groups is 1. The zero-order chi connectivity index (χ0) is 13.5. The number of anilines is 1. The summed E-state index contributed by atoms with van der Waals surface area (Å²) in [5.74, 6) is 6.34. The maximum absolute atomic E-state index is 5.60. The smallest absolute Gasteiger partial charge is 0.144 e. The highest BCUT2D eigenvalue weighted by molar-refractivity contribution is 9.10. The van der Waals surface area contributed by atoms with Gasteiger partial charge in [0.1, 0.15) is 5.82 Å². The van der Waals surface area contributed by atoms with Crippen LogP contribution in [0.2, 0.25) is 0 Å². The van der Waals surface area contributed by atoms with Crippen LogP contribution in [0.3, 0.4) is 0 Å². The minimum absolute atomic E-state index is 0.00233. The number of nitrogens with zero attached hydrogens (tertiary/aromatic N) is 1. The van der Waals surface area contributed by atoms with Crippen LogP contribution in [0, 0.1) is 6.92 Å². The van der Waals surface area contributed by atoms with Gasteiger partial charge >= 0.3 is 0 Å². The molecule has 0 aliphatic carbocycles. The van der Waals surface area contributed by atoms with E-state index in [4.69, 9.17) is 5.84 Å². The van der Waals surface area contributed by atoms with Crippen LogP contribution in [0.25, 0.3) is 10.9 Å². The van der Waals surface area contributed by atoms with E-state index in [2.05, 4.69) is 66.2 Å². The van der Waals surface area contributed by atoms with Crippen molar-refractivity contribution in [1.29, 1.82) is 0 Å². The lowest BCUT2D eigenvalue weighted by Gasteiger charge is -2.23. The molecule has 0 atom stereocenters. The number of pyridine rings is 1. The molecule has 0 saturated heterocycles. The second-order valence-electron chi connectivity index (χ2n) is 5.54. The molecule has 1 aromatic carbocycles. The van der Waals surface area contributed by atoms with Crippen molar-refractivity contribution in [3.8, 4) is 0 Å². The van der Waals surface area contributed by atoms with Gasteiger partial charge in [0.15, 0.2) is 0 Å². The highest BCUT2D eigenvalue weighted by Gasteiger charge is 2.20. The van der Waals surface area contributed by atoms with E-state index in [1.807, 2.05) is 6.07 Å². The summed E-state index contributed by atoms with van der Waals surface area (Å²) in [6.07, 6.45) is 0. The number of nitrogens with one attached hydrogen (secondary N) is 1. The molecule has 0 unspecified atom stereocenters. The largest absolute Gasteiger partial charge is 0.308 e. The van der Waals surface area contributed by atoms with Gasteiger partial charge < -0.3 is 5.43 Å². The molecule has 0 aliphatic heterocycles. The molecule has 3 N–H and O–H groups in total. The van der Waals surface area contributed by atoms with E-state index < -0.39 is 0 Å². The predicted molar refractivity (Wildman–Crippen MR) is 80.7 cm³/mol. The molecule has 0 aliphatic rings. The number of nitrogens with two attached hydrogens (primary N) is 1. The first-order valence-corrected chi connectivity index (χ1v) is 6.71. The summed E-state index contributed by atoms with van der Waals surface area (Å²) in [5, 5.41) is 1.16. The minimum atomic E-state index is -0.00233. The molecular formula is C14H18BrN3.